The quantitative estimate of drug-likeness (QED) is 0.705. The molecule has 0 unspecified atom stereocenters. The zero-order chi connectivity index (χ0) is 16.4. The predicted molar refractivity (Wildman–Crippen MR) is 76.1 cm³/mol. The molecule has 0 aliphatic rings. The van der Waals surface area contributed by atoms with E-state index in [0.29, 0.717) is 22.5 Å². The molecule has 7 heteroatoms. The maximum absolute atomic E-state index is 13.7. The zero-order valence-corrected chi connectivity index (χ0v) is 11.6. The van der Waals surface area contributed by atoms with Crippen LogP contribution in [0.3, 0.4) is 0 Å². The summed E-state index contributed by atoms with van der Waals surface area (Å²) in [5, 5.41) is 6.77. The summed E-state index contributed by atoms with van der Waals surface area (Å²) in [6, 6.07) is 13.1. The highest BCUT2D eigenvalue weighted by molar-refractivity contribution is 5.68. The molecule has 0 radical (unpaired) electrons. The molecule has 1 heterocycles. The van der Waals surface area contributed by atoms with Crippen molar-refractivity contribution in [3.05, 3.63) is 60.4 Å². The molecule has 0 atom stereocenters. The van der Waals surface area contributed by atoms with E-state index in [-0.39, 0.29) is 5.75 Å². The van der Waals surface area contributed by atoms with Crippen LogP contribution < -0.4 is 4.74 Å². The molecule has 2 aromatic carbocycles. The fourth-order valence-electron chi connectivity index (χ4n) is 2.11. The first-order valence-corrected chi connectivity index (χ1v) is 6.59. The van der Waals surface area contributed by atoms with Gasteiger partial charge < -0.3 is 4.74 Å². The molecule has 0 aliphatic carbocycles. The average Bonchev–Trinajstić information content (AvgIpc) is 2.96. The second-order valence-corrected chi connectivity index (χ2v) is 4.72. The summed E-state index contributed by atoms with van der Waals surface area (Å²) in [6.07, 6.45) is -4.73. The lowest BCUT2D eigenvalue weighted by Gasteiger charge is -2.08. The molecule has 3 nitrogen and oxygen atoms in total. The summed E-state index contributed by atoms with van der Waals surface area (Å²) in [5.74, 6) is -0.713. The molecule has 3 rings (SSSR count). The highest BCUT2D eigenvalue weighted by Crippen LogP contribution is 2.28. The standard InChI is InChI=1S/C16H10F4N2O/c17-13-4-2-1-3-12(13)15-9-14(21-22-15)10-5-7-11(8-6-10)23-16(18,19)20/h1-9H,(H,21,22). The second-order valence-electron chi connectivity index (χ2n) is 4.72. The highest BCUT2D eigenvalue weighted by atomic mass is 19.4. The van der Waals surface area contributed by atoms with Gasteiger partial charge in [0.15, 0.2) is 0 Å². The summed E-state index contributed by atoms with van der Waals surface area (Å²) in [4.78, 5) is 0. The second kappa shape index (κ2) is 5.75. The van der Waals surface area contributed by atoms with E-state index in [1.165, 1.54) is 30.3 Å². The summed E-state index contributed by atoms with van der Waals surface area (Å²) in [7, 11) is 0. The summed E-state index contributed by atoms with van der Waals surface area (Å²) in [6.45, 7) is 0. The molecule has 118 valence electrons. The Morgan fingerprint density at radius 3 is 2.30 bits per heavy atom. The molecule has 0 spiro atoms. The topological polar surface area (TPSA) is 37.9 Å². The Hall–Kier alpha value is -2.83. The van der Waals surface area contributed by atoms with Gasteiger partial charge in [-0.2, -0.15) is 5.10 Å². The van der Waals surface area contributed by atoms with E-state index in [1.54, 1.807) is 24.3 Å². The molecular formula is C16H10F4N2O. The number of H-pyrrole nitrogens is 1. The highest BCUT2D eigenvalue weighted by Gasteiger charge is 2.30. The van der Waals surface area contributed by atoms with Gasteiger partial charge in [-0.3, -0.25) is 5.10 Å². The molecule has 1 aromatic heterocycles. The van der Waals surface area contributed by atoms with Crippen LogP contribution in [-0.4, -0.2) is 16.6 Å². The Morgan fingerprint density at radius 2 is 1.65 bits per heavy atom. The molecule has 3 aromatic rings. The molecule has 0 saturated carbocycles. The lowest BCUT2D eigenvalue weighted by Crippen LogP contribution is -2.16. The Bertz CT molecular complexity index is 809. The molecular weight excluding hydrogens is 312 g/mol. The average molecular weight is 322 g/mol. The molecule has 1 N–H and O–H groups in total. The number of aromatic amines is 1. The van der Waals surface area contributed by atoms with Crippen LogP contribution in [0, 0.1) is 5.82 Å². The van der Waals surface area contributed by atoms with E-state index in [4.69, 9.17) is 0 Å². The SMILES string of the molecule is Fc1ccccc1-c1cc(-c2ccc(OC(F)(F)F)cc2)[nH]n1. The smallest absolute Gasteiger partial charge is 0.406 e. The van der Waals surface area contributed by atoms with Gasteiger partial charge >= 0.3 is 6.36 Å². The Kier molecular flexibility index (Phi) is 3.77. The Morgan fingerprint density at radius 1 is 0.957 bits per heavy atom. The van der Waals surface area contributed by atoms with Crippen molar-refractivity contribution < 1.29 is 22.3 Å². The van der Waals surface area contributed by atoms with E-state index in [2.05, 4.69) is 14.9 Å². The minimum atomic E-state index is -4.73. The minimum Gasteiger partial charge on any atom is -0.406 e. The van der Waals surface area contributed by atoms with E-state index in [0.717, 1.165) is 0 Å². The minimum absolute atomic E-state index is 0.310. The van der Waals surface area contributed by atoms with Crippen LogP contribution in [0.1, 0.15) is 0 Å². The van der Waals surface area contributed by atoms with Crippen LogP contribution in [0.15, 0.2) is 54.6 Å². The van der Waals surface area contributed by atoms with Crippen molar-refractivity contribution >= 4 is 0 Å². The lowest BCUT2D eigenvalue weighted by atomic mass is 10.1. The van der Waals surface area contributed by atoms with Crippen molar-refractivity contribution in [2.24, 2.45) is 0 Å². The van der Waals surface area contributed by atoms with Crippen molar-refractivity contribution in [2.45, 2.75) is 6.36 Å². The number of rotatable bonds is 3. The van der Waals surface area contributed by atoms with E-state index in [1.807, 2.05) is 0 Å². The number of alkyl halides is 3. The third-order valence-electron chi connectivity index (χ3n) is 3.13. The Balaban J connectivity index is 1.85. The number of halogens is 4. The van der Waals surface area contributed by atoms with Gasteiger partial charge in [0.05, 0.1) is 11.4 Å². The monoisotopic (exact) mass is 322 g/mol. The molecule has 0 saturated heterocycles. The zero-order valence-electron chi connectivity index (χ0n) is 11.6. The van der Waals surface area contributed by atoms with Crippen LogP contribution in [0.25, 0.3) is 22.5 Å². The molecule has 0 bridgehead atoms. The number of aromatic nitrogens is 2. The van der Waals surface area contributed by atoms with E-state index < -0.39 is 12.2 Å². The van der Waals surface area contributed by atoms with Crippen molar-refractivity contribution in [1.29, 1.82) is 0 Å². The van der Waals surface area contributed by atoms with Crippen LogP contribution >= 0.6 is 0 Å². The molecule has 0 aliphatic heterocycles. The number of nitrogens with one attached hydrogen (secondary N) is 1. The number of hydrogen-bond acceptors (Lipinski definition) is 2. The Labute approximate surface area is 128 Å². The van der Waals surface area contributed by atoms with Gasteiger partial charge in [0.25, 0.3) is 0 Å². The summed E-state index contributed by atoms with van der Waals surface area (Å²) in [5.41, 5.74) is 1.91. The van der Waals surface area contributed by atoms with Gasteiger partial charge in [-0.1, -0.05) is 12.1 Å². The van der Waals surface area contributed by atoms with Crippen molar-refractivity contribution in [3.63, 3.8) is 0 Å². The first-order chi connectivity index (χ1) is 10.9. The fourth-order valence-corrected chi connectivity index (χ4v) is 2.11. The maximum Gasteiger partial charge on any atom is 0.573 e. The first kappa shape index (κ1) is 15.1. The maximum atomic E-state index is 13.7. The van der Waals surface area contributed by atoms with Crippen LogP contribution in [0.5, 0.6) is 5.75 Å². The van der Waals surface area contributed by atoms with Crippen LogP contribution in [0.2, 0.25) is 0 Å². The summed E-state index contributed by atoms with van der Waals surface area (Å²) < 4.78 is 53.9. The molecule has 0 fully saturated rings. The van der Waals surface area contributed by atoms with E-state index >= 15 is 0 Å². The predicted octanol–water partition coefficient (Wildman–Crippen LogP) is 4.78. The van der Waals surface area contributed by atoms with Crippen molar-refractivity contribution in [2.75, 3.05) is 0 Å². The fraction of sp³-hybridized carbons (Fsp3) is 0.0625. The lowest BCUT2D eigenvalue weighted by molar-refractivity contribution is -0.274. The van der Waals surface area contributed by atoms with Gasteiger partial charge in [0.1, 0.15) is 11.6 Å². The van der Waals surface area contributed by atoms with Gasteiger partial charge in [0.2, 0.25) is 0 Å². The van der Waals surface area contributed by atoms with Crippen molar-refractivity contribution in [3.8, 4) is 28.3 Å². The number of nitrogens with zero attached hydrogens (tertiary/aromatic N) is 1. The third-order valence-corrected chi connectivity index (χ3v) is 3.13. The van der Waals surface area contributed by atoms with Gasteiger partial charge in [-0.15, -0.1) is 13.2 Å². The normalized spacial score (nSPS) is 11.5. The molecule has 0 amide bonds. The number of ether oxygens (including phenoxy) is 1. The summed E-state index contributed by atoms with van der Waals surface area (Å²) >= 11 is 0. The van der Waals surface area contributed by atoms with Crippen molar-refractivity contribution in [1.82, 2.24) is 10.2 Å². The molecule has 23 heavy (non-hydrogen) atoms. The van der Waals surface area contributed by atoms with Crippen LogP contribution in [0.4, 0.5) is 17.6 Å². The largest absolute Gasteiger partial charge is 0.573 e. The van der Waals surface area contributed by atoms with Gasteiger partial charge in [0, 0.05) is 5.56 Å². The first-order valence-electron chi connectivity index (χ1n) is 6.59. The van der Waals surface area contributed by atoms with Gasteiger partial charge in [-0.25, -0.2) is 4.39 Å². The van der Waals surface area contributed by atoms with Gasteiger partial charge in [-0.05, 0) is 48.0 Å². The third kappa shape index (κ3) is 3.50. The number of hydrogen-bond donors (Lipinski definition) is 1. The van der Waals surface area contributed by atoms with Crippen LogP contribution in [-0.2, 0) is 0 Å². The van der Waals surface area contributed by atoms with E-state index in [9.17, 15) is 17.6 Å². The number of benzene rings is 2.